The van der Waals surface area contributed by atoms with Crippen LogP contribution < -0.4 is 5.48 Å². The summed E-state index contributed by atoms with van der Waals surface area (Å²) in [6.07, 6.45) is 0. The van der Waals surface area contributed by atoms with Crippen molar-refractivity contribution in [3.05, 3.63) is 0 Å². The minimum absolute atomic E-state index is 0.0475. The maximum Gasteiger partial charge on any atom is 0.238 e. The van der Waals surface area contributed by atoms with Crippen LogP contribution in [0.4, 0.5) is 0 Å². The molecule has 0 aliphatic heterocycles. The zero-order chi connectivity index (χ0) is 10.3. The summed E-state index contributed by atoms with van der Waals surface area (Å²) >= 11 is 0. The van der Waals surface area contributed by atoms with Gasteiger partial charge in [-0.05, 0) is 12.8 Å². The van der Waals surface area contributed by atoms with Crippen LogP contribution in [0.2, 0.25) is 0 Å². The second-order valence-corrected chi connectivity index (χ2v) is 3.43. The summed E-state index contributed by atoms with van der Waals surface area (Å²) in [6.45, 7) is 7.65. The Labute approximate surface area is 80.2 Å². The fourth-order valence-electron chi connectivity index (χ4n) is 0.650. The molecule has 0 aliphatic rings. The number of nitrogens with one attached hydrogen (secondary N) is 1. The van der Waals surface area contributed by atoms with Gasteiger partial charge in [0.15, 0.2) is 0 Å². The van der Waals surface area contributed by atoms with E-state index < -0.39 is 0 Å². The lowest BCUT2D eigenvalue weighted by Gasteiger charge is -2.14. The number of hydrogen-bond donors (Lipinski definition) is 1. The molecule has 0 aliphatic carbocycles. The monoisotopic (exact) mass is 188 g/mol. The number of amides is 1. The highest BCUT2D eigenvalue weighted by Crippen LogP contribution is 1.89. The predicted molar refractivity (Wildman–Crippen MR) is 52.1 cm³/mol. The van der Waals surface area contributed by atoms with Crippen molar-refractivity contribution < 1.29 is 9.63 Å². The third-order valence-electron chi connectivity index (χ3n) is 1.64. The zero-order valence-corrected chi connectivity index (χ0v) is 8.96. The first-order valence-electron chi connectivity index (χ1n) is 4.66. The molecule has 1 amide bonds. The summed E-state index contributed by atoms with van der Waals surface area (Å²) in [5, 5.41) is 0. The number of rotatable bonds is 6. The van der Waals surface area contributed by atoms with Gasteiger partial charge in [0, 0.05) is 13.6 Å². The molecule has 1 N–H and O–H groups in total. The van der Waals surface area contributed by atoms with Crippen LogP contribution >= 0.6 is 0 Å². The first-order chi connectivity index (χ1) is 6.07. The summed E-state index contributed by atoms with van der Waals surface area (Å²) in [5.41, 5.74) is 2.64. The largest absolute Gasteiger partial charge is 0.345 e. The molecule has 0 aromatic carbocycles. The summed E-state index contributed by atoms with van der Waals surface area (Å²) in [7, 11) is 1.77. The highest BCUT2D eigenvalue weighted by molar-refractivity contribution is 5.77. The number of hydrogen-bond acceptors (Lipinski definition) is 3. The molecule has 0 fully saturated rings. The molecular weight excluding hydrogens is 168 g/mol. The number of likely N-dealkylation sites (N-methyl/N-ethyl adjacent to an activating group) is 1. The first kappa shape index (κ1) is 12.4. The maximum atomic E-state index is 11.2. The van der Waals surface area contributed by atoms with E-state index in [4.69, 9.17) is 4.84 Å². The summed E-state index contributed by atoms with van der Waals surface area (Å²) in [6, 6.07) is 0. The maximum absolute atomic E-state index is 11.2. The smallest absolute Gasteiger partial charge is 0.238 e. The third kappa shape index (κ3) is 6.54. The highest BCUT2D eigenvalue weighted by atomic mass is 16.6. The van der Waals surface area contributed by atoms with E-state index in [0.717, 1.165) is 6.54 Å². The summed E-state index contributed by atoms with van der Waals surface area (Å²) in [4.78, 5) is 17.9. The van der Waals surface area contributed by atoms with Gasteiger partial charge in [0.2, 0.25) is 5.91 Å². The van der Waals surface area contributed by atoms with Crippen LogP contribution in [-0.4, -0.2) is 37.6 Å². The van der Waals surface area contributed by atoms with Gasteiger partial charge in [-0.25, -0.2) is 0 Å². The van der Waals surface area contributed by atoms with Crippen LogP contribution in [-0.2, 0) is 9.63 Å². The molecule has 0 saturated carbocycles. The van der Waals surface area contributed by atoms with Crippen molar-refractivity contribution in [2.45, 2.75) is 20.8 Å². The number of carbonyl (C=O) groups excluding carboxylic acids is 1. The van der Waals surface area contributed by atoms with Gasteiger partial charge in [0.25, 0.3) is 0 Å². The van der Waals surface area contributed by atoms with Gasteiger partial charge in [-0.3, -0.25) is 4.79 Å². The Balaban J connectivity index is 3.37. The van der Waals surface area contributed by atoms with Gasteiger partial charge in [0.05, 0.1) is 6.61 Å². The van der Waals surface area contributed by atoms with Gasteiger partial charge >= 0.3 is 0 Å². The molecule has 0 unspecified atom stereocenters. The van der Waals surface area contributed by atoms with Crippen LogP contribution in [0, 0.1) is 5.92 Å². The Kier molecular flexibility index (Phi) is 6.54. The molecule has 13 heavy (non-hydrogen) atoms. The van der Waals surface area contributed by atoms with E-state index in [0.29, 0.717) is 12.5 Å². The molecular formula is C9H20N2O2. The highest BCUT2D eigenvalue weighted by Gasteiger charge is 2.05. The Morgan fingerprint density at radius 2 is 2.15 bits per heavy atom. The van der Waals surface area contributed by atoms with Crippen molar-refractivity contribution in [2.75, 3.05) is 26.7 Å². The number of hydroxylamine groups is 1. The van der Waals surface area contributed by atoms with Gasteiger partial charge in [-0.1, -0.05) is 13.8 Å². The lowest BCUT2D eigenvalue weighted by molar-refractivity contribution is -0.131. The molecule has 4 heteroatoms. The van der Waals surface area contributed by atoms with E-state index in [1.54, 1.807) is 11.9 Å². The average Bonchev–Trinajstić information content (AvgIpc) is 2.10. The lowest BCUT2D eigenvalue weighted by Crippen LogP contribution is -2.35. The molecule has 0 spiro atoms. The van der Waals surface area contributed by atoms with Crippen molar-refractivity contribution in [3.63, 3.8) is 0 Å². The zero-order valence-electron chi connectivity index (χ0n) is 8.96. The van der Waals surface area contributed by atoms with Crippen molar-refractivity contribution in [3.8, 4) is 0 Å². The molecule has 0 aromatic rings. The fourth-order valence-corrected chi connectivity index (χ4v) is 0.650. The molecule has 0 saturated heterocycles. The van der Waals surface area contributed by atoms with Crippen LogP contribution in [0.25, 0.3) is 0 Å². The predicted octanol–water partition coefficient (Wildman–Crippen LogP) is 0.642. The first-order valence-corrected chi connectivity index (χ1v) is 4.66. The van der Waals surface area contributed by atoms with E-state index in [1.807, 2.05) is 6.92 Å². The normalized spacial score (nSPS) is 10.5. The van der Waals surface area contributed by atoms with Crippen molar-refractivity contribution >= 4 is 5.91 Å². The van der Waals surface area contributed by atoms with Crippen LogP contribution in [0.5, 0.6) is 0 Å². The second kappa shape index (κ2) is 6.86. The Bertz CT molecular complexity index is 149. The number of carbonyl (C=O) groups is 1. The topological polar surface area (TPSA) is 41.6 Å². The molecule has 0 radical (unpaired) electrons. The lowest BCUT2D eigenvalue weighted by atomic mass is 10.2. The number of nitrogens with zero attached hydrogens (tertiary/aromatic N) is 1. The Morgan fingerprint density at radius 3 is 2.62 bits per heavy atom. The summed E-state index contributed by atoms with van der Waals surface area (Å²) in [5.74, 6) is 0.526. The van der Waals surface area contributed by atoms with Gasteiger partial charge in [-0.2, -0.15) is 5.48 Å². The second-order valence-electron chi connectivity index (χ2n) is 3.43. The fraction of sp³-hybridized carbons (Fsp3) is 0.889. The standard InChI is InChI=1S/C9H20N2O2/c1-5-11(4)9(12)6-10-13-7-8(2)3/h8,10H,5-7H2,1-4H3. The summed E-state index contributed by atoms with van der Waals surface area (Å²) < 4.78 is 0. The molecule has 0 heterocycles. The average molecular weight is 188 g/mol. The molecule has 0 bridgehead atoms. The molecule has 0 atom stereocenters. The molecule has 4 nitrogen and oxygen atoms in total. The van der Waals surface area contributed by atoms with Crippen molar-refractivity contribution in [2.24, 2.45) is 5.92 Å². The van der Waals surface area contributed by atoms with Crippen LogP contribution in [0.3, 0.4) is 0 Å². The van der Waals surface area contributed by atoms with E-state index >= 15 is 0 Å². The SMILES string of the molecule is CCN(C)C(=O)CNOCC(C)C. The van der Waals surface area contributed by atoms with E-state index in [1.165, 1.54) is 0 Å². The van der Waals surface area contributed by atoms with Crippen molar-refractivity contribution in [1.82, 2.24) is 10.4 Å². The minimum Gasteiger partial charge on any atom is -0.345 e. The molecule has 0 rings (SSSR count). The molecule has 78 valence electrons. The van der Waals surface area contributed by atoms with E-state index in [9.17, 15) is 4.79 Å². The van der Waals surface area contributed by atoms with Crippen LogP contribution in [0.15, 0.2) is 0 Å². The van der Waals surface area contributed by atoms with Crippen molar-refractivity contribution in [1.29, 1.82) is 0 Å². The minimum atomic E-state index is 0.0475. The quantitative estimate of drug-likeness (QED) is 0.491. The Hall–Kier alpha value is -0.610. The van der Waals surface area contributed by atoms with Gasteiger partial charge in [0.1, 0.15) is 6.54 Å². The third-order valence-corrected chi connectivity index (χ3v) is 1.64. The van der Waals surface area contributed by atoms with Crippen LogP contribution in [0.1, 0.15) is 20.8 Å². The molecule has 0 aromatic heterocycles. The Morgan fingerprint density at radius 1 is 1.54 bits per heavy atom. The van der Waals surface area contributed by atoms with E-state index in [-0.39, 0.29) is 12.5 Å². The van der Waals surface area contributed by atoms with Gasteiger partial charge < -0.3 is 9.74 Å². The van der Waals surface area contributed by atoms with Gasteiger partial charge in [-0.15, -0.1) is 0 Å². The van der Waals surface area contributed by atoms with E-state index in [2.05, 4.69) is 19.3 Å².